The van der Waals surface area contributed by atoms with Crippen molar-refractivity contribution in [2.45, 2.75) is 27.2 Å². The van der Waals surface area contributed by atoms with Crippen LogP contribution in [0.1, 0.15) is 24.5 Å². The fraction of sp³-hybridized carbons (Fsp3) is 0.462. The van der Waals surface area contributed by atoms with Gasteiger partial charge >= 0.3 is 5.69 Å². The number of aromatic nitrogens is 3. The molecule has 0 amide bonds. The average Bonchev–Trinajstić information content (AvgIpc) is 2.30. The third-order valence-electron chi connectivity index (χ3n) is 2.87. The summed E-state index contributed by atoms with van der Waals surface area (Å²) in [6.07, 6.45) is 2.76. The predicted molar refractivity (Wildman–Crippen MR) is 72.3 cm³/mol. The van der Waals surface area contributed by atoms with E-state index in [1.54, 1.807) is 6.20 Å². The van der Waals surface area contributed by atoms with Crippen LogP contribution in [-0.2, 0) is 0 Å². The van der Waals surface area contributed by atoms with Gasteiger partial charge in [-0.1, -0.05) is 13.0 Å². The lowest BCUT2D eigenvalue weighted by molar-refractivity contribution is 0.799. The van der Waals surface area contributed by atoms with Crippen LogP contribution >= 0.6 is 0 Å². The van der Waals surface area contributed by atoms with Crippen LogP contribution in [0.3, 0.4) is 0 Å². The molecule has 0 aliphatic carbocycles. The second-order valence-corrected chi connectivity index (χ2v) is 4.62. The largest absolute Gasteiger partial charge is 0.356 e. The number of fused-ring (bicyclic) bond motifs is 1. The van der Waals surface area contributed by atoms with Crippen molar-refractivity contribution in [2.24, 2.45) is 0 Å². The Labute approximate surface area is 106 Å². The lowest BCUT2D eigenvalue weighted by Crippen LogP contribution is -2.27. The lowest BCUT2D eigenvalue weighted by Gasteiger charge is -2.16. The maximum atomic E-state index is 12.0. The second-order valence-electron chi connectivity index (χ2n) is 4.62. The molecule has 0 aromatic carbocycles. The smallest absolute Gasteiger partial charge is 0.344 e. The van der Waals surface area contributed by atoms with Gasteiger partial charge in [-0.25, -0.2) is 4.79 Å². The van der Waals surface area contributed by atoms with E-state index in [9.17, 15) is 4.79 Å². The summed E-state index contributed by atoms with van der Waals surface area (Å²) in [4.78, 5) is 22.4. The molecule has 0 unspecified atom stereocenters. The minimum Gasteiger partial charge on any atom is -0.344 e. The van der Waals surface area contributed by atoms with E-state index in [4.69, 9.17) is 0 Å². The zero-order chi connectivity index (χ0) is 13.3. The average molecular weight is 246 g/mol. The highest BCUT2D eigenvalue weighted by Gasteiger charge is 2.09. The number of nitrogens with zero attached hydrogens (tertiary/aromatic N) is 4. The van der Waals surface area contributed by atoms with E-state index in [0.717, 1.165) is 24.1 Å². The maximum Gasteiger partial charge on any atom is 0.356 e. The number of pyridine rings is 1. The van der Waals surface area contributed by atoms with Crippen LogP contribution in [0.5, 0.6) is 0 Å². The van der Waals surface area contributed by atoms with Gasteiger partial charge in [0, 0.05) is 19.8 Å². The van der Waals surface area contributed by atoms with Crippen LogP contribution in [0, 0.1) is 13.8 Å². The van der Waals surface area contributed by atoms with E-state index in [2.05, 4.69) is 16.9 Å². The minimum atomic E-state index is -0.273. The molecule has 5 heteroatoms. The Morgan fingerprint density at radius 1 is 1.33 bits per heavy atom. The molecule has 2 rings (SSSR count). The Hall–Kier alpha value is -1.91. The molecule has 0 radical (unpaired) electrons. The van der Waals surface area contributed by atoms with Crippen molar-refractivity contribution in [2.75, 3.05) is 18.5 Å². The Morgan fingerprint density at radius 3 is 2.72 bits per heavy atom. The van der Waals surface area contributed by atoms with Crippen molar-refractivity contribution in [3.8, 4) is 0 Å². The number of anilines is 1. The maximum absolute atomic E-state index is 12.0. The summed E-state index contributed by atoms with van der Waals surface area (Å²) in [6, 6.07) is 2.02. The van der Waals surface area contributed by atoms with E-state index in [1.807, 2.05) is 31.9 Å². The van der Waals surface area contributed by atoms with Crippen molar-refractivity contribution in [3.63, 3.8) is 0 Å². The molecule has 5 nitrogen and oxygen atoms in total. The van der Waals surface area contributed by atoms with Gasteiger partial charge in [-0.05, 0) is 31.4 Å². The third kappa shape index (κ3) is 2.20. The van der Waals surface area contributed by atoms with Crippen molar-refractivity contribution in [1.82, 2.24) is 14.4 Å². The standard InChI is InChI=1S/C13H18N4O/c1-5-6-16(4)12-14-11-10(3)7-9(2)8-17(11)13(18)15-12/h7-8H,5-6H2,1-4H3. The Morgan fingerprint density at radius 2 is 2.06 bits per heavy atom. The molecule has 0 saturated heterocycles. The number of hydrogen-bond acceptors (Lipinski definition) is 4. The van der Waals surface area contributed by atoms with Gasteiger partial charge in [-0.2, -0.15) is 9.97 Å². The van der Waals surface area contributed by atoms with Gasteiger partial charge in [-0.3, -0.25) is 4.40 Å². The van der Waals surface area contributed by atoms with Crippen LogP contribution in [0.4, 0.5) is 5.95 Å². The summed E-state index contributed by atoms with van der Waals surface area (Å²) in [7, 11) is 1.90. The fourth-order valence-corrected chi connectivity index (χ4v) is 2.05. The van der Waals surface area contributed by atoms with Gasteiger partial charge in [0.25, 0.3) is 0 Å². The Balaban J connectivity index is 2.65. The summed E-state index contributed by atoms with van der Waals surface area (Å²) < 4.78 is 1.51. The number of hydrogen-bond donors (Lipinski definition) is 0. The van der Waals surface area contributed by atoms with Crippen LogP contribution in [0.25, 0.3) is 5.65 Å². The van der Waals surface area contributed by atoms with E-state index in [1.165, 1.54) is 4.40 Å². The first-order chi connectivity index (χ1) is 8.52. The van der Waals surface area contributed by atoms with E-state index in [-0.39, 0.29) is 5.69 Å². The first kappa shape index (κ1) is 12.5. The molecule has 96 valence electrons. The molecule has 2 heterocycles. The first-order valence-corrected chi connectivity index (χ1v) is 6.11. The van der Waals surface area contributed by atoms with Crippen LogP contribution in [-0.4, -0.2) is 28.0 Å². The third-order valence-corrected chi connectivity index (χ3v) is 2.87. The molecule has 0 spiro atoms. The molecule has 0 aliphatic rings. The SMILES string of the molecule is CCCN(C)c1nc(=O)n2cc(C)cc(C)c2n1. The molecule has 2 aromatic rings. The van der Waals surface area contributed by atoms with Gasteiger partial charge in [0.2, 0.25) is 5.95 Å². The van der Waals surface area contributed by atoms with E-state index >= 15 is 0 Å². The number of rotatable bonds is 3. The van der Waals surface area contributed by atoms with Crippen molar-refractivity contribution in [3.05, 3.63) is 33.9 Å². The van der Waals surface area contributed by atoms with Gasteiger partial charge in [-0.15, -0.1) is 0 Å². The van der Waals surface area contributed by atoms with Gasteiger partial charge in [0.05, 0.1) is 0 Å². The van der Waals surface area contributed by atoms with Crippen LogP contribution in [0.2, 0.25) is 0 Å². The van der Waals surface area contributed by atoms with Gasteiger partial charge in [0.1, 0.15) is 5.65 Å². The van der Waals surface area contributed by atoms with Gasteiger partial charge in [0.15, 0.2) is 0 Å². The fourth-order valence-electron chi connectivity index (χ4n) is 2.05. The monoisotopic (exact) mass is 246 g/mol. The van der Waals surface area contributed by atoms with Gasteiger partial charge < -0.3 is 4.90 Å². The number of aryl methyl sites for hydroxylation is 2. The molecule has 0 saturated carbocycles. The summed E-state index contributed by atoms with van der Waals surface area (Å²) >= 11 is 0. The Bertz CT molecular complexity index is 633. The molecule has 0 bridgehead atoms. The summed E-state index contributed by atoms with van der Waals surface area (Å²) in [6.45, 7) is 6.83. The Kier molecular flexibility index (Phi) is 3.32. The topological polar surface area (TPSA) is 50.5 Å². The second kappa shape index (κ2) is 4.76. The van der Waals surface area contributed by atoms with E-state index < -0.39 is 0 Å². The van der Waals surface area contributed by atoms with E-state index in [0.29, 0.717) is 11.6 Å². The first-order valence-electron chi connectivity index (χ1n) is 6.11. The van der Waals surface area contributed by atoms with Crippen molar-refractivity contribution in [1.29, 1.82) is 0 Å². The highest BCUT2D eigenvalue weighted by Crippen LogP contribution is 2.11. The molecular formula is C13H18N4O. The molecule has 2 aromatic heterocycles. The predicted octanol–water partition coefficient (Wildman–Crippen LogP) is 1.55. The van der Waals surface area contributed by atoms with Crippen molar-refractivity contribution < 1.29 is 0 Å². The molecule has 0 N–H and O–H groups in total. The molecule has 18 heavy (non-hydrogen) atoms. The summed E-state index contributed by atoms with van der Waals surface area (Å²) in [5.41, 5.74) is 2.42. The molecule has 0 aliphatic heterocycles. The van der Waals surface area contributed by atoms with Crippen LogP contribution in [0.15, 0.2) is 17.1 Å². The minimum absolute atomic E-state index is 0.273. The summed E-state index contributed by atoms with van der Waals surface area (Å²) in [5, 5.41) is 0. The lowest BCUT2D eigenvalue weighted by atomic mass is 10.2. The highest BCUT2D eigenvalue weighted by molar-refractivity contribution is 5.50. The quantitative estimate of drug-likeness (QED) is 0.824. The molecular weight excluding hydrogens is 228 g/mol. The van der Waals surface area contributed by atoms with Crippen LogP contribution < -0.4 is 10.6 Å². The normalized spacial score (nSPS) is 10.9. The zero-order valence-corrected chi connectivity index (χ0v) is 11.3. The molecule has 0 fully saturated rings. The highest BCUT2D eigenvalue weighted by atomic mass is 16.1. The van der Waals surface area contributed by atoms with Crippen molar-refractivity contribution >= 4 is 11.6 Å². The zero-order valence-electron chi connectivity index (χ0n) is 11.3. The summed E-state index contributed by atoms with van der Waals surface area (Å²) in [5.74, 6) is 0.494. The molecule has 0 atom stereocenters.